The zero-order chi connectivity index (χ0) is 17.7. The normalized spacial score (nSPS) is 11.0. The van der Waals surface area contributed by atoms with Crippen molar-refractivity contribution in [3.05, 3.63) is 53.9 Å². The van der Waals surface area contributed by atoms with E-state index in [4.69, 9.17) is 10.5 Å². The number of ether oxygens (including phenoxy) is 1. The summed E-state index contributed by atoms with van der Waals surface area (Å²) in [7, 11) is 0. The van der Waals surface area contributed by atoms with Gasteiger partial charge in [-0.15, -0.1) is 0 Å². The van der Waals surface area contributed by atoms with Crippen LogP contribution in [0.15, 0.2) is 42.6 Å². The predicted octanol–water partition coefficient (Wildman–Crippen LogP) is 2.22. The van der Waals surface area contributed by atoms with Crippen LogP contribution in [0.5, 0.6) is 5.75 Å². The van der Waals surface area contributed by atoms with E-state index < -0.39 is 30.3 Å². The highest BCUT2D eigenvalue weighted by Gasteiger charge is 2.32. The number of carbonyl (C=O) groups excluding carboxylic acids is 2. The first-order chi connectivity index (χ1) is 11.3. The molecule has 0 aliphatic rings. The summed E-state index contributed by atoms with van der Waals surface area (Å²) in [6, 6.07) is 7.69. The minimum Gasteiger partial charge on any atom is -0.484 e. The van der Waals surface area contributed by atoms with Crippen molar-refractivity contribution in [2.24, 2.45) is 5.73 Å². The van der Waals surface area contributed by atoms with Crippen molar-refractivity contribution in [1.29, 1.82) is 0 Å². The third kappa shape index (κ3) is 4.70. The van der Waals surface area contributed by atoms with Crippen LogP contribution in [-0.2, 0) is 11.0 Å². The number of nitrogens with one attached hydrogen (secondary N) is 1. The van der Waals surface area contributed by atoms with Crippen LogP contribution in [0.2, 0.25) is 0 Å². The number of nitrogens with two attached hydrogens (primary N) is 1. The lowest BCUT2D eigenvalue weighted by atomic mass is 10.2. The molecular weight excluding hydrogens is 327 g/mol. The molecule has 0 atom stereocenters. The molecule has 9 heteroatoms. The van der Waals surface area contributed by atoms with Gasteiger partial charge in [0, 0.05) is 17.4 Å². The van der Waals surface area contributed by atoms with Crippen molar-refractivity contribution < 1.29 is 27.5 Å². The molecule has 0 aliphatic heterocycles. The highest BCUT2D eigenvalue weighted by molar-refractivity contribution is 5.93. The van der Waals surface area contributed by atoms with Gasteiger partial charge in [0.15, 0.2) is 6.61 Å². The van der Waals surface area contributed by atoms with Gasteiger partial charge in [-0.3, -0.25) is 14.6 Å². The third-order valence-corrected chi connectivity index (χ3v) is 2.84. The Morgan fingerprint density at radius 2 is 1.83 bits per heavy atom. The largest absolute Gasteiger partial charge is 0.484 e. The van der Waals surface area contributed by atoms with Crippen LogP contribution in [0, 0.1) is 0 Å². The summed E-state index contributed by atoms with van der Waals surface area (Å²) < 4.78 is 42.8. The lowest BCUT2D eigenvalue weighted by Gasteiger charge is -2.10. The summed E-state index contributed by atoms with van der Waals surface area (Å²) in [5.41, 5.74) is 4.21. The molecule has 0 fully saturated rings. The molecule has 24 heavy (non-hydrogen) atoms. The maximum atomic E-state index is 12.5. The Hall–Kier alpha value is -3.10. The first-order valence-corrected chi connectivity index (χ1v) is 6.61. The Morgan fingerprint density at radius 1 is 1.17 bits per heavy atom. The first-order valence-electron chi connectivity index (χ1n) is 6.61. The van der Waals surface area contributed by atoms with Gasteiger partial charge in [-0.25, -0.2) is 0 Å². The van der Waals surface area contributed by atoms with Crippen LogP contribution in [0.25, 0.3) is 0 Å². The molecule has 3 N–H and O–H groups in total. The van der Waals surface area contributed by atoms with Gasteiger partial charge in [-0.05, 0) is 36.4 Å². The monoisotopic (exact) mass is 339 g/mol. The molecule has 126 valence electrons. The number of pyridine rings is 1. The molecule has 1 heterocycles. The molecule has 2 rings (SSSR count). The highest BCUT2D eigenvalue weighted by atomic mass is 19.4. The molecule has 0 bridgehead atoms. The van der Waals surface area contributed by atoms with Crippen molar-refractivity contribution in [2.75, 3.05) is 11.9 Å². The number of anilines is 1. The number of hydrogen-bond donors (Lipinski definition) is 2. The van der Waals surface area contributed by atoms with E-state index in [1.165, 1.54) is 30.3 Å². The Labute approximate surface area is 134 Å². The van der Waals surface area contributed by atoms with E-state index in [-0.39, 0.29) is 11.3 Å². The molecule has 0 unspecified atom stereocenters. The summed E-state index contributed by atoms with van der Waals surface area (Å²) in [5, 5.41) is 2.28. The van der Waals surface area contributed by atoms with Crippen molar-refractivity contribution >= 4 is 17.5 Å². The fraction of sp³-hybridized carbons (Fsp3) is 0.133. The molecule has 2 amide bonds. The minimum atomic E-state index is -4.60. The number of benzene rings is 1. The maximum Gasteiger partial charge on any atom is 0.433 e. The average molecular weight is 339 g/mol. The first kappa shape index (κ1) is 17.3. The Kier molecular flexibility index (Phi) is 5.02. The summed E-state index contributed by atoms with van der Waals surface area (Å²) >= 11 is 0. The van der Waals surface area contributed by atoms with Gasteiger partial charge in [0.05, 0.1) is 0 Å². The lowest BCUT2D eigenvalue weighted by Crippen LogP contribution is -2.20. The molecule has 0 radical (unpaired) electrons. The van der Waals surface area contributed by atoms with Crippen LogP contribution >= 0.6 is 0 Å². The second kappa shape index (κ2) is 6.99. The van der Waals surface area contributed by atoms with Crippen LogP contribution < -0.4 is 15.8 Å². The number of rotatable bonds is 5. The van der Waals surface area contributed by atoms with Gasteiger partial charge in [0.2, 0.25) is 5.91 Å². The van der Waals surface area contributed by atoms with Gasteiger partial charge in [0.25, 0.3) is 5.91 Å². The van der Waals surface area contributed by atoms with Gasteiger partial charge < -0.3 is 15.8 Å². The smallest absolute Gasteiger partial charge is 0.433 e. The molecular formula is C15H12F3N3O3. The number of primary amides is 1. The highest BCUT2D eigenvalue weighted by Crippen LogP contribution is 2.28. The number of carbonyl (C=O) groups is 2. The number of alkyl halides is 3. The Balaban J connectivity index is 1.93. The lowest BCUT2D eigenvalue weighted by molar-refractivity contribution is -0.141. The van der Waals surface area contributed by atoms with Crippen molar-refractivity contribution in [2.45, 2.75) is 6.18 Å². The molecule has 0 aliphatic carbocycles. The van der Waals surface area contributed by atoms with E-state index in [0.717, 1.165) is 12.3 Å². The van der Waals surface area contributed by atoms with Crippen molar-refractivity contribution in [3.63, 3.8) is 0 Å². The molecule has 2 aromatic rings. The van der Waals surface area contributed by atoms with E-state index in [0.29, 0.717) is 5.75 Å². The zero-order valence-corrected chi connectivity index (χ0v) is 12.1. The Bertz CT molecular complexity index is 746. The third-order valence-electron chi connectivity index (χ3n) is 2.84. The molecule has 1 aromatic heterocycles. The van der Waals surface area contributed by atoms with Crippen molar-refractivity contribution in [3.8, 4) is 5.75 Å². The van der Waals surface area contributed by atoms with E-state index in [1.807, 2.05) is 0 Å². The summed E-state index contributed by atoms with van der Waals surface area (Å²) in [6.45, 7) is -0.417. The zero-order valence-electron chi connectivity index (χ0n) is 12.1. The molecule has 6 nitrogen and oxygen atoms in total. The van der Waals surface area contributed by atoms with E-state index >= 15 is 0 Å². The topological polar surface area (TPSA) is 94.3 Å². The molecule has 0 spiro atoms. The van der Waals surface area contributed by atoms with E-state index in [2.05, 4.69) is 10.3 Å². The van der Waals surface area contributed by atoms with Gasteiger partial charge in [-0.1, -0.05) is 0 Å². The minimum absolute atomic E-state index is 0.0463. The van der Waals surface area contributed by atoms with Crippen LogP contribution in [0.4, 0.5) is 18.9 Å². The second-order valence-electron chi connectivity index (χ2n) is 4.65. The predicted molar refractivity (Wildman–Crippen MR) is 78.3 cm³/mol. The number of hydrogen-bond acceptors (Lipinski definition) is 4. The molecule has 0 saturated carbocycles. The van der Waals surface area contributed by atoms with E-state index in [9.17, 15) is 22.8 Å². The number of amides is 2. The summed E-state index contributed by atoms with van der Waals surface area (Å²) in [4.78, 5) is 25.8. The molecule has 1 aromatic carbocycles. The fourth-order valence-electron chi connectivity index (χ4n) is 1.72. The standard InChI is InChI=1S/C15H12F3N3O3/c16-15(17,18)12-7-10(5-6-20-12)21-13(22)8-24-11-3-1-9(2-4-11)14(19)23/h1-7H,8H2,(H2,19,23)(H,20,21,22). The fourth-order valence-corrected chi connectivity index (χ4v) is 1.72. The van der Waals surface area contributed by atoms with Crippen LogP contribution in [-0.4, -0.2) is 23.4 Å². The number of halogens is 3. The number of aromatic nitrogens is 1. The quantitative estimate of drug-likeness (QED) is 0.873. The SMILES string of the molecule is NC(=O)c1ccc(OCC(=O)Nc2ccnc(C(F)(F)F)c2)cc1. The van der Waals surface area contributed by atoms with Crippen LogP contribution in [0.3, 0.4) is 0 Å². The van der Waals surface area contributed by atoms with Crippen molar-refractivity contribution in [1.82, 2.24) is 4.98 Å². The van der Waals surface area contributed by atoms with Gasteiger partial charge in [0.1, 0.15) is 11.4 Å². The second-order valence-corrected chi connectivity index (χ2v) is 4.65. The average Bonchev–Trinajstić information content (AvgIpc) is 2.53. The van der Waals surface area contributed by atoms with E-state index in [1.54, 1.807) is 0 Å². The summed E-state index contributed by atoms with van der Waals surface area (Å²) in [5.74, 6) is -0.938. The van der Waals surface area contributed by atoms with Gasteiger partial charge in [-0.2, -0.15) is 13.2 Å². The van der Waals surface area contributed by atoms with Crippen LogP contribution in [0.1, 0.15) is 16.1 Å². The Morgan fingerprint density at radius 3 is 2.42 bits per heavy atom. The number of nitrogens with zero attached hydrogens (tertiary/aromatic N) is 1. The summed E-state index contributed by atoms with van der Waals surface area (Å²) in [6.07, 6.45) is -3.65. The molecule has 0 saturated heterocycles. The maximum absolute atomic E-state index is 12.5. The van der Waals surface area contributed by atoms with Gasteiger partial charge >= 0.3 is 6.18 Å².